The third-order valence-corrected chi connectivity index (χ3v) is 6.35. The highest BCUT2D eigenvalue weighted by atomic mass is 35.5. The van der Waals surface area contributed by atoms with Gasteiger partial charge in [0.15, 0.2) is 5.78 Å². The molecule has 0 aliphatic heterocycles. The Kier molecular flexibility index (Phi) is 5.33. The van der Waals surface area contributed by atoms with Gasteiger partial charge in [0, 0.05) is 5.56 Å². The monoisotopic (exact) mass is 449 g/mol. The Morgan fingerprint density at radius 1 is 0.808 bits per heavy atom. The molecule has 2 aromatic carbocycles. The van der Waals surface area contributed by atoms with Crippen molar-refractivity contribution in [2.45, 2.75) is 4.90 Å². The van der Waals surface area contributed by atoms with Crippen LogP contribution in [-0.2, 0) is 14.4 Å². The Morgan fingerprint density at radius 3 is 2.00 bits per heavy atom. The van der Waals surface area contributed by atoms with Gasteiger partial charge in [0.05, 0.1) is 25.7 Å². The highest BCUT2D eigenvalue weighted by molar-refractivity contribution is 7.86. The quantitative estimate of drug-likeness (QED) is 0.367. The molecule has 0 amide bonds. The first-order valence-corrected chi connectivity index (χ1v) is 9.81. The van der Waals surface area contributed by atoms with Crippen LogP contribution in [0.2, 0.25) is 20.1 Å². The van der Waals surface area contributed by atoms with Gasteiger partial charge in [-0.1, -0.05) is 69.8 Å². The topological polar surface area (TPSA) is 72.8 Å². The van der Waals surface area contributed by atoms with Crippen molar-refractivity contribution in [3.63, 3.8) is 0 Å². The summed E-state index contributed by atoms with van der Waals surface area (Å²) in [4.78, 5) is 12.1. The number of rotatable bonds is 3. The average molecular weight is 451 g/mol. The van der Waals surface area contributed by atoms with Crippen molar-refractivity contribution < 1.29 is 17.5 Å². The maximum Gasteiger partial charge on any atom is 0.358 e. The number of allylic oxidation sites excluding steroid dienone is 2. The molecule has 0 N–H and O–H groups in total. The molecule has 0 saturated carbocycles. The maximum atomic E-state index is 12.2. The van der Waals surface area contributed by atoms with Crippen molar-refractivity contribution in [3.05, 3.63) is 73.7 Å². The van der Waals surface area contributed by atoms with Crippen LogP contribution in [0.4, 0.5) is 0 Å². The van der Waals surface area contributed by atoms with Gasteiger partial charge in [-0.3, -0.25) is 9.08 Å². The average Bonchev–Trinajstić information content (AvgIpc) is 2.64. The molecule has 2 aromatic rings. The van der Waals surface area contributed by atoms with Crippen LogP contribution in [0.25, 0.3) is 0 Å². The molecular formula is C16H7Cl4NO4S. The van der Waals surface area contributed by atoms with E-state index in [9.17, 15) is 13.2 Å². The van der Waals surface area contributed by atoms with Gasteiger partial charge in [0.25, 0.3) is 0 Å². The minimum atomic E-state index is -4.16. The molecule has 10 heteroatoms. The Bertz CT molecular complexity index is 1080. The van der Waals surface area contributed by atoms with Crippen LogP contribution in [0.15, 0.2) is 52.5 Å². The third kappa shape index (κ3) is 3.35. The van der Waals surface area contributed by atoms with Crippen LogP contribution >= 0.6 is 46.4 Å². The first-order valence-electron chi connectivity index (χ1n) is 6.89. The van der Waals surface area contributed by atoms with E-state index in [0.717, 1.165) is 6.08 Å². The van der Waals surface area contributed by atoms with E-state index in [1.165, 1.54) is 30.3 Å². The number of hydrogen-bond donors (Lipinski definition) is 0. The van der Waals surface area contributed by atoms with E-state index in [2.05, 4.69) is 5.16 Å². The van der Waals surface area contributed by atoms with Crippen molar-refractivity contribution in [2.75, 3.05) is 0 Å². The maximum absolute atomic E-state index is 12.2. The summed E-state index contributed by atoms with van der Waals surface area (Å²) in [5.41, 5.74) is -0.0283. The third-order valence-electron chi connectivity index (χ3n) is 3.43. The number of nitrogens with zero attached hydrogens (tertiary/aromatic N) is 1. The van der Waals surface area contributed by atoms with Gasteiger partial charge >= 0.3 is 10.1 Å². The fraction of sp³-hybridized carbons (Fsp3) is 0. The van der Waals surface area contributed by atoms with Gasteiger partial charge in [0.1, 0.15) is 10.6 Å². The van der Waals surface area contributed by atoms with Crippen LogP contribution in [0.5, 0.6) is 0 Å². The van der Waals surface area contributed by atoms with Crippen LogP contribution in [0, 0.1) is 0 Å². The first-order chi connectivity index (χ1) is 12.2. The molecule has 1 aliphatic rings. The van der Waals surface area contributed by atoms with Gasteiger partial charge in [-0.25, -0.2) is 0 Å². The molecule has 0 atom stereocenters. The molecule has 0 radical (unpaired) electrons. The molecule has 0 fully saturated rings. The van der Waals surface area contributed by atoms with E-state index in [4.69, 9.17) is 50.7 Å². The lowest BCUT2D eigenvalue weighted by atomic mass is 9.94. The summed E-state index contributed by atoms with van der Waals surface area (Å²) in [5, 5.41) is 3.26. The van der Waals surface area contributed by atoms with Crippen LogP contribution < -0.4 is 0 Å². The second-order valence-electron chi connectivity index (χ2n) is 5.02. The second kappa shape index (κ2) is 7.21. The molecule has 0 spiro atoms. The molecular weight excluding hydrogens is 444 g/mol. The Hall–Kier alpha value is -1.57. The zero-order chi connectivity index (χ0) is 19.1. The number of carbonyl (C=O) groups is 1. The summed E-state index contributed by atoms with van der Waals surface area (Å²) in [6.07, 6.45) is 2.39. The molecule has 26 heavy (non-hydrogen) atoms. The van der Waals surface area contributed by atoms with E-state index < -0.39 is 15.9 Å². The number of carbonyl (C=O) groups excluding carboxylic acids is 1. The largest absolute Gasteiger partial charge is 0.358 e. The van der Waals surface area contributed by atoms with Gasteiger partial charge in [0.2, 0.25) is 0 Å². The molecule has 134 valence electrons. The summed E-state index contributed by atoms with van der Waals surface area (Å²) in [6.45, 7) is 0. The minimum Gasteiger partial charge on any atom is -0.289 e. The van der Waals surface area contributed by atoms with Crippen LogP contribution in [0.1, 0.15) is 15.9 Å². The SMILES string of the molecule is O=C1C=CC(=NOS(=O)(=O)c2ccccc2)c2c(Cl)c(Cl)c(Cl)c(Cl)c21. The smallest absolute Gasteiger partial charge is 0.289 e. The number of hydrogen-bond acceptors (Lipinski definition) is 5. The predicted molar refractivity (Wildman–Crippen MR) is 101 cm³/mol. The summed E-state index contributed by atoms with van der Waals surface area (Å²) in [5.74, 6) is -0.477. The predicted octanol–water partition coefficient (Wildman–Crippen LogP) is 5.16. The number of halogens is 4. The molecule has 0 saturated heterocycles. The first kappa shape index (κ1) is 19.2. The second-order valence-corrected chi connectivity index (χ2v) is 8.06. The lowest BCUT2D eigenvalue weighted by molar-refractivity contribution is 0.104. The summed E-state index contributed by atoms with van der Waals surface area (Å²) >= 11 is 24.3. The van der Waals surface area contributed by atoms with Crippen molar-refractivity contribution in [3.8, 4) is 0 Å². The Labute approximate surface area is 168 Å². The van der Waals surface area contributed by atoms with E-state index in [1.54, 1.807) is 6.07 Å². The number of benzene rings is 2. The summed E-state index contributed by atoms with van der Waals surface area (Å²) in [6, 6.07) is 7.44. The normalized spacial score (nSPS) is 15.2. The standard InChI is InChI=1S/C16H7Cl4NO4S/c17-13-11-9(21-25-26(23,24)8-4-2-1-3-5-8)6-7-10(22)12(11)14(18)16(20)15(13)19/h1-7H. The molecule has 0 bridgehead atoms. The number of fused-ring (bicyclic) bond motifs is 1. The van der Waals surface area contributed by atoms with Gasteiger partial charge < -0.3 is 0 Å². The number of oxime groups is 1. The molecule has 5 nitrogen and oxygen atoms in total. The van der Waals surface area contributed by atoms with E-state index in [0.29, 0.717) is 0 Å². The molecule has 0 aromatic heterocycles. The van der Waals surface area contributed by atoms with Crippen LogP contribution in [-0.4, -0.2) is 19.9 Å². The Morgan fingerprint density at radius 2 is 1.38 bits per heavy atom. The lowest BCUT2D eigenvalue weighted by Gasteiger charge is -2.17. The zero-order valence-corrected chi connectivity index (χ0v) is 16.4. The zero-order valence-electron chi connectivity index (χ0n) is 12.5. The lowest BCUT2D eigenvalue weighted by Crippen LogP contribution is -2.16. The van der Waals surface area contributed by atoms with Crippen molar-refractivity contribution in [1.82, 2.24) is 0 Å². The highest BCUT2D eigenvalue weighted by Gasteiger charge is 2.29. The Balaban J connectivity index is 2.11. The molecule has 3 rings (SSSR count). The van der Waals surface area contributed by atoms with E-state index in [1.807, 2.05) is 0 Å². The van der Waals surface area contributed by atoms with Gasteiger partial charge in [-0.15, -0.1) is 0 Å². The van der Waals surface area contributed by atoms with E-state index in [-0.39, 0.29) is 41.8 Å². The molecule has 0 heterocycles. The van der Waals surface area contributed by atoms with Crippen molar-refractivity contribution >= 4 is 68.0 Å². The summed E-state index contributed by atoms with van der Waals surface area (Å²) < 4.78 is 29.1. The van der Waals surface area contributed by atoms with E-state index >= 15 is 0 Å². The summed E-state index contributed by atoms with van der Waals surface area (Å²) in [7, 11) is -4.16. The highest BCUT2D eigenvalue weighted by Crippen LogP contribution is 2.43. The van der Waals surface area contributed by atoms with Crippen molar-refractivity contribution in [1.29, 1.82) is 0 Å². The fourth-order valence-corrected chi connectivity index (χ4v) is 4.02. The molecule has 0 unspecified atom stereocenters. The van der Waals surface area contributed by atoms with Crippen molar-refractivity contribution in [2.24, 2.45) is 5.16 Å². The minimum absolute atomic E-state index is 0.0342. The van der Waals surface area contributed by atoms with Gasteiger partial charge in [-0.2, -0.15) is 8.42 Å². The van der Waals surface area contributed by atoms with Gasteiger partial charge in [-0.05, 0) is 24.3 Å². The number of ketones is 1. The van der Waals surface area contributed by atoms with Crippen LogP contribution in [0.3, 0.4) is 0 Å². The molecule has 1 aliphatic carbocycles. The fourth-order valence-electron chi connectivity index (χ4n) is 2.22.